The first-order chi connectivity index (χ1) is 11.1. The topological polar surface area (TPSA) is 66.8 Å². The first kappa shape index (κ1) is 18.6. The second-order valence-electron chi connectivity index (χ2n) is 5.30. The molecule has 0 amide bonds. The van der Waals surface area contributed by atoms with Gasteiger partial charge in [0.25, 0.3) is 0 Å². The van der Waals surface area contributed by atoms with Crippen LogP contribution in [0.2, 0.25) is 0 Å². The largest absolute Gasteiger partial charge is 0.504 e. The van der Waals surface area contributed by atoms with Crippen molar-refractivity contribution in [3.63, 3.8) is 0 Å². The van der Waals surface area contributed by atoms with Gasteiger partial charge in [0.15, 0.2) is 11.5 Å². The minimum absolute atomic E-state index is 0.203. The predicted molar refractivity (Wildman–Crippen MR) is 90.7 cm³/mol. The van der Waals surface area contributed by atoms with Crippen LogP contribution in [0.3, 0.4) is 0 Å². The van der Waals surface area contributed by atoms with Crippen LogP contribution in [-0.4, -0.2) is 16.2 Å². The van der Waals surface area contributed by atoms with E-state index in [-0.39, 0.29) is 11.5 Å². The minimum atomic E-state index is -0.562. The van der Waals surface area contributed by atoms with E-state index >= 15 is 0 Å². The Morgan fingerprint density at radius 3 is 2.61 bits per heavy atom. The summed E-state index contributed by atoms with van der Waals surface area (Å²) in [4.78, 5) is 11.5. The van der Waals surface area contributed by atoms with E-state index in [1.165, 1.54) is 50.0 Å². The highest BCUT2D eigenvalue weighted by Crippen LogP contribution is 2.25. The highest BCUT2D eigenvalue weighted by molar-refractivity contribution is 5.87. The number of hydrogen-bond acceptors (Lipinski definition) is 4. The quantitative estimate of drug-likeness (QED) is 0.246. The Balaban J connectivity index is 2.22. The molecule has 0 bridgehead atoms. The molecule has 0 fully saturated rings. The zero-order valence-corrected chi connectivity index (χ0v) is 13.5. The molecular weight excluding hydrogens is 292 g/mol. The van der Waals surface area contributed by atoms with Crippen molar-refractivity contribution in [2.45, 2.75) is 51.9 Å². The van der Waals surface area contributed by atoms with E-state index in [9.17, 15) is 15.0 Å². The predicted octanol–water partition coefficient (Wildman–Crippen LogP) is 4.37. The molecule has 1 aromatic carbocycles. The average molecular weight is 316 g/mol. The molecule has 4 nitrogen and oxygen atoms in total. The summed E-state index contributed by atoms with van der Waals surface area (Å²) in [5, 5.41) is 18.5. The van der Waals surface area contributed by atoms with Crippen molar-refractivity contribution in [1.82, 2.24) is 0 Å². The summed E-state index contributed by atoms with van der Waals surface area (Å²) >= 11 is 0. The first-order valence-electron chi connectivity index (χ1n) is 8.02. The molecule has 0 atom stereocenters. The van der Waals surface area contributed by atoms with Crippen LogP contribution in [-0.2, 0) is 9.53 Å². The zero-order chi connectivity index (χ0) is 16.9. The van der Waals surface area contributed by atoms with Gasteiger partial charge in [0.05, 0.1) is 0 Å². The van der Waals surface area contributed by atoms with Crippen molar-refractivity contribution < 1.29 is 19.7 Å². The number of carbonyl (C=O) groups is 1. The van der Waals surface area contributed by atoms with Crippen LogP contribution >= 0.6 is 0 Å². The zero-order valence-electron chi connectivity index (χ0n) is 13.5. The Morgan fingerprint density at radius 2 is 1.87 bits per heavy atom. The molecule has 0 aliphatic heterocycles. The van der Waals surface area contributed by atoms with E-state index in [1.807, 2.05) is 0 Å². The van der Waals surface area contributed by atoms with Crippen LogP contribution in [0.25, 0.3) is 6.08 Å². The molecule has 4 heteroatoms. The molecule has 0 aliphatic carbocycles. The summed E-state index contributed by atoms with van der Waals surface area (Å²) < 4.78 is 4.76. The molecule has 1 rings (SSSR count). The van der Waals surface area contributed by atoms with Crippen LogP contribution in [0, 0.1) is 12.0 Å². The molecule has 0 aliphatic rings. The average Bonchev–Trinajstić information content (AvgIpc) is 2.54. The van der Waals surface area contributed by atoms with Gasteiger partial charge in [0, 0.05) is 12.5 Å². The van der Waals surface area contributed by atoms with E-state index in [0.29, 0.717) is 5.56 Å². The molecule has 0 saturated carbocycles. The molecule has 0 radical (unpaired) electrons. The number of esters is 1. The standard InChI is InChI=1S/C19H24O4/c1-2-3-4-5-6-7-8-9-14-23-19(22)13-11-16-10-12-17(20)18(21)15-16/h10-13,15,20-21H,2-8H2,1H3/b13-11+. The third-order valence-corrected chi connectivity index (χ3v) is 3.29. The van der Waals surface area contributed by atoms with Gasteiger partial charge in [-0.1, -0.05) is 51.0 Å². The van der Waals surface area contributed by atoms with Crippen LogP contribution in [0.15, 0.2) is 24.3 Å². The van der Waals surface area contributed by atoms with Crippen molar-refractivity contribution in [3.05, 3.63) is 29.8 Å². The highest BCUT2D eigenvalue weighted by atomic mass is 16.5. The van der Waals surface area contributed by atoms with Crippen molar-refractivity contribution in [3.8, 4) is 23.5 Å². The van der Waals surface area contributed by atoms with Crippen molar-refractivity contribution in [1.29, 1.82) is 0 Å². The van der Waals surface area contributed by atoms with E-state index in [2.05, 4.69) is 19.0 Å². The molecular formula is C19H24O4. The fourth-order valence-electron chi connectivity index (χ4n) is 1.97. The number of benzene rings is 1. The number of unbranched alkanes of at least 4 members (excludes halogenated alkanes) is 6. The lowest BCUT2D eigenvalue weighted by molar-refractivity contribution is -0.131. The van der Waals surface area contributed by atoms with E-state index in [4.69, 9.17) is 4.74 Å². The van der Waals surface area contributed by atoms with Gasteiger partial charge >= 0.3 is 5.97 Å². The van der Waals surface area contributed by atoms with Crippen LogP contribution < -0.4 is 0 Å². The molecule has 0 spiro atoms. The highest BCUT2D eigenvalue weighted by Gasteiger charge is 1.99. The van der Waals surface area contributed by atoms with Crippen LogP contribution in [0.5, 0.6) is 11.5 Å². The number of aromatic hydroxyl groups is 2. The Hall–Kier alpha value is -2.41. The smallest absolute Gasteiger partial charge is 0.344 e. The van der Waals surface area contributed by atoms with Crippen LogP contribution in [0.1, 0.15) is 57.4 Å². The summed E-state index contributed by atoms with van der Waals surface area (Å²) in [5.74, 6) is 1.82. The summed E-state index contributed by atoms with van der Waals surface area (Å²) in [7, 11) is 0. The normalized spacial score (nSPS) is 10.3. The minimum Gasteiger partial charge on any atom is -0.504 e. The van der Waals surface area contributed by atoms with Crippen molar-refractivity contribution in [2.75, 3.05) is 0 Å². The lowest BCUT2D eigenvalue weighted by Crippen LogP contribution is -1.93. The molecule has 124 valence electrons. The van der Waals surface area contributed by atoms with Gasteiger partial charge in [-0.15, -0.1) is 0 Å². The molecule has 0 unspecified atom stereocenters. The van der Waals surface area contributed by atoms with Gasteiger partial charge < -0.3 is 14.9 Å². The molecule has 0 heterocycles. The second-order valence-corrected chi connectivity index (χ2v) is 5.30. The number of carbonyl (C=O) groups excluding carboxylic acids is 1. The fraction of sp³-hybridized carbons (Fsp3) is 0.421. The molecule has 1 aromatic rings. The summed E-state index contributed by atoms with van der Waals surface area (Å²) in [5.41, 5.74) is 0.581. The monoisotopic (exact) mass is 316 g/mol. The SMILES string of the molecule is CCCCCCCCC#COC(=O)/C=C/c1ccc(O)c(O)c1. The Kier molecular flexibility index (Phi) is 9.07. The number of phenols is 2. The van der Waals surface area contributed by atoms with Crippen LogP contribution in [0.4, 0.5) is 0 Å². The van der Waals surface area contributed by atoms with E-state index in [1.54, 1.807) is 6.07 Å². The summed E-state index contributed by atoms with van der Waals surface area (Å²) in [6, 6.07) is 4.27. The van der Waals surface area contributed by atoms with Gasteiger partial charge in [-0.05, 0) is 30.2 Å². The van der Waals surface area contributed by atoms with Gasteiger partial charge in [-0.3, -0.25) is 0 Å². The number of phenolic OH excluding ortho intramolecular Hbond substituents is 2. The maximum Gasteiger partial charge on any atom is 0.344 e. The van der Waals surface area contributed by atoms with Crippen molar-refractivity contribution in [2.24, 2.45) is 0 Å². The molecule has 2 N–H and O–H groups in total. The number of hydrogen-bond donors (Lipinski definition) is 2. The van der Waals surface area contributed by atoms with Crippen molar-refractivity contribution >= 4 is 12.0 Å². The fourth-order valence-corrected chi connectivity index (χ4v) is 1.97. The lowest BCUT2D eigenvalue weighted by Gasteiger charge is -1.98. The third-order valence-electron chi connectivity index (χ3n) is 3.29. The first-order valence-corrected chi connectivity index (χ1v) is 8.02. The maximum atomic E-state index is 11.5. The third kappa shape index (κ3) is 8.57. The van der Waals surface area contributed by atoms with Gasteiger partial charge in [-0.2, -0.15) is 0 Å². The summed E-state index contributed by atoms with van der Waals surface area (Å²) in [6.07, 6.45) is 13.1. The van der Waals surface area contributed by atoms with E-state index in [0.717, 1.165) is 19.3 Å². The second kappa shape index (κ2) is 11.2. The number of rotatable bonds is 8. The van der Waals surface area contributed by atoms with Gasteiger partial charge in [0.1, 0.15) is 6.11 Å². The molecule has 0 aromatic heterocycles. The number of ether oxygens (including phenoxy) is 1. The van der Waals surface area contributed by atoms with E-state index < -0.39 is 5.97 Å². The lowest BCUT2D eigenvalue weighted by atomic mass is 10.1. The Morgan fingerprint density at radius 1 is 1.13 bits per heavy atom. The molecule has 23 heavy (non-hydrogen) atoms. The maximum absolute atomic E-state index is 11.5. The Bertz CT molecular complexity index is 579. The summed E-state index contributed by atoms with van der Waals surface area (Å²) in [6.45, 7) is 2.19. The van der Waals surface area contributed by atoms with Gasteiger partial charge in [0.2, 0.25) is 0 Å². The Labute approximate surface area is 137 Å². The van der Waals surface area contributed by atoms with Gasteiger partial charge in [-0.25, -0.2) is 4.79 Å². The molecule has 0 saturated heterocycles.